The number of carbonyl (C=O) groups is 2. The molecule has 1 saturated heterocycles. The normalized spacial score (nSPS) is 15.0. The summed E-state index contributed by atoms with van der Waals surface area (Å²) in [6.45, 7) is 6.53. The van der Waals surface area contributed by atoms with Crippen LogP contribution in [0.25, 0.3) is 6.08 Å². The largest absolute Gasteiger partial charge is 0.497 e. The maximum atomic E-state index is 13.2. The molecule has 0 aliphatic carbocycles. The Kier molecular flexibility index (Phi) is 10.1. The molecule has 0 bridgehead atoms. The van der Waals surface area contributed by atoms with Crippen molar-refractivity contribution in [2.24, 2.45) is 4.99 Å². The molecule has 1 heterocycles. The van der Waals surface area contributed by atoms with Crippen molar-refractivity contribution in [3.63, 3.8) is 0 Å². The van der Waals surface area contributed by atoms with E-state index in [1.54, 1.807) is 12.0 Å². The molecule has 0 atom stereocenters. The third-order valence-corrected chi connectivity index (χ3v) is 7.62. The Labute approximate surface area is 251 Å². The van der Waals surface area contributed by atoms with Crippen LogP contribution in [0.5, 0.6) is 17.2 Å². The van der Waals surface area contributed by atoms with E-state index in [4.69, 9.17) is 14.2 Å². The second kappa shape index (κ2) is 13.7. The van der Waals surface area contributed by atoms with Crippen molar-refractivity contribution >= 4 is 68.8 Å². The van der Waals surface area contributed by atoms with Crippen molar-refractivity contribution in [3.8, 4) is 17.2 Å². The van der Waals surface area contributed by atoms with Crippen LogP contribution in [0, 0.1) is 10.5 Å². The number of anilines is 1. The molecule has 208 valence electrons. The lowest BCUT2D eigenvalue weighted by molar-refractivity contribution is -0.122. The van der Waals surface area contributed by atoms with Crippen LogP contribution in [0.15, 0.2) is 70.6 Å². The number of nitrogens with zero attached hydrogens (tertiary/aromatic N) is 2. The number of amides is 2. The van der Waals surface area contributed by atoms with Gasteiger partial charge in [0.1, 0.15) is 5.75 Å². The molecule has 0 saturated carbocycles. The highest BCUT2D eigenvalue weighted by atomic mass is 127. The Bertz CT molecular complexity index is 1440. The van der Waals surface area contributed by atoms with Crippen LogP contribution in [0.4, 0.5) is 11.4 Å². The van der Waals surface area contributed by atoms with E-state index >= 15 is 0 Å². The number of thioether (sulfide) groups is 1. The molecule has 1 aliphatic heterocycles. The fraction of sp³-hybridized carbons (Fsp3) is 0.233. The van der Waals surface area contributed by atoms with Gasteiger partial charge in [0.2, 0.25) is 0 Å². The first-order valence-electron chi connectivity index (χ1n) is 12.7. The highest BCUT2D eigenvalue weighted by Crippen LogP contribution is 2.38. The van der Waals surface area contributed by atoms with E-state index in [0.29, 0.717) is 40.4 Å². The summed E-state index contributed by atoms with van der Waals surface area (Å²) in [6.07, 6.45) is 1.82. The second-order valence-corrected chi connectivity index (χ2v) is 10.9. The number of carbonyl (C=O) groups excluding carboxylic acids is 2. The first kappa shape index (κ1) is 29.5. The number of halogens is 1. The lowest BCUT2D eigenvalue weighted by atomic mass is 10.2. The van der Waals surface area contributed by atoms with Crippen LogP contribution in [-0.2, 0) is 9.59 Å². The van der Waals surface area contributed by atoms with Crippen molar-refractivity contribution < 1.29 is 23.8 Å². The molecule has 3 aromatic rings. The second-order valence-electron chi connectivity index (χ2n) is 8.72. The number of ether oxygens (including phenoxy) is 3. The lowest BCUT2D eigenvalue weighted by Gasteiger charge is -2.15. The third kappa shape index (κ3) is 7.36. The number of hydrogen-bond donors (Lipinski definition) is 1. The Hall–Kier alpha value is -3.51. The van der Waals surface area contributed by atoms with E-state index < -0.39 is 0 Å². The number of amidine groups is 1. The summed E-state index contributed by atoms with van der Waals surface area (Å²) < 4.78 is 17.7. The van der Waals surface area contributed by atoms with Crippen LogP contribution >= 0.6 is 34.4 Å². The molecule has 40 heavy (non-hydrogen) atoms. The molecule has 0 aromatic heterocycles. The van der Waals surface area contributed by atoms with E-state index in [2.05, 4.69) is 32.9 Å². The maximum Gasteiger partial charge on any atom is 0.266 e. The maximum absolute atomic E-state index is 13.2. The minimum Gasteiger partial charge on any atom is -0.497 e. The molecule has 3 aromatic carbocycles. The molecule has 8 nitrogen and oxygen atoms in total. The number of methoxy groups -OCH3 is 1. The van der Waals surface area contributed by atoms with Gasteiger partial charge in [-0.3, -0.25) is 14.5 Å². The molecule has 1 aliphatic rings. The van der Waals surface area contributed by atoms with Crippen molar-refractivity contribution in [1.82, 2.24) is 4.90 Å². The van der Waals surface area contributed by atoms with Crippen LogP contribution in [0.3, 0.4) is 0 Å². The van der Waals surface area contributed by atoms with Crippen molar-refractivity contribution in [1.29, 1.82) is 0 Å². The van der Waals surface area contributed by atoms with Gasteiger partial charge in [0.15, 0.2) is 23.3 Å². The summed E-state index contributed by atoms with van der Waals surface area (Å²) in [5.74, 6) is 1.33. The van der Waals surface area contributed by atoms with Gasteiger partial charge in [0.05, 0.1) is 27.9 Å². The molecule has 0 spiro atoms. The summed E-state index contributed by atoms with van der Waals surface area (Å²) >= 11 is 3.48. The van der Waals surface area contributed by atoms with Crippen LogP contribution in [0.2, 0.25) is 0 Å². The third-order valence-electron chi connectivity index (χ3n) is 5.81. The van der Waals surface area contributed by atoms with Gasteiger partial charge in [-0.2, -0.15) is 0 Å². The Balaban J connectivity index is 1.53. The first-order valence-corrected chi connectivity index (χ1v) is 14.6. The zero-order chi connectivity index (χ0) is 28.6. The predicted octanol–water partition coefficient (Wildman–Crippen LogP) is 6.65. The molecular formula is C30H30IN3O5S. The first-order chi connectivity index (χ1) is 19.3. The monoisotopic (exact) mass is 671 g/mol. The van der Waals surface area contributed by atoms with Crippen LogP contribution < -0.4 is 19.5 Å². The number of hydrogen-bond acceptors (Lipinski definition) is 7. The van der Waals surface area contributed by atoms with Gasteiger partial charge in [-0.05, 0) is 115 Å². The summed E-state index contributed by atoms with van der Waals surface area (Å²) in [7, 11) is 1.61. The highest BCUT2D eigenvalue weighted by molar-refractivity contribution is 14.1. The van der Waals surface area contributed by atoms with Gasteiger partial charge >= 0.3 is 0 Å². The Morgan fingerprint density at radius 2 is 1.80 bits per heavy atom. The van der Waals surface area contributed by atoms with Gasteiger partial charge in [0, 0.05) is 12.2 Å². The van der Waals surface area contributed by atoms with Gasteiger partial charge in [0.25, 0.3) is 11.8 Å². The summed E-state index contributed by atoms with van der Waals surface area (Å²) in [4.78, 5) is 32.6. The molecular weight excluding hydrogens is 641 g/mol. The van der Waals surface area contributed by atoms with Gasteiger partial charge in [-0.1, -0.05) is 17.7 Å². The van der Waals surface area contributed by atoms with E-state index in [-0.39, 0.29) is 18.4 Å². The molecule has 2 amide bonds. The number of rotatable bonds is 10. The van der Waals surface area contributed by atoms with Gasteiger partial charge < -0.3 is 19.5 Å². The molecule has 0 radical (unpaired) electrons. The zero-order valence-corrected chi connectivity index (χ0v) is 25.7. The predicted molar refractivity (Wildman–Crippen MR) is 169 cm³/mol. The fourth-order valence-electron chi connectivity index (χ4n) is 3.83. The number of likely N-dealkylation sites (N-methyl/N-ethyl adjacent to an activating group) is 1. The number of aryl methyl sites for hydroxylation is 1. The van der Waals surface area contributed by atoms with Crippen LogP contribution in [0.1, 0.15) is 25.0 Å². The van der Waals surface area contributed by atoms with E-state index in [9.17, 15) is 9.59 Å². The number of benzene rings is 3. The molecule has 0 unspecified atom stereocenters. The Morgan fingerprint density at radius 1 is 1.07 bits per heavy atom. The fourth-order valence-corrected chi connectivity index (χ4v) is 5.68. The summed E-state index contributed by atoms with van der Waals surface area (Å²) in [6, 6.07) is 18.6. The molecule has 1 N–H and O–H groups in total. The van der Waals surface area contributed by atoms with E-state index in [1.165, 1.54) is 11.8 Å². The minimum absolute atomic E-state index is 0.110. The van der Waals surface area contributed by atoms with E-state index in [1.807, 2.05) is 87.5 Å². The standard InChI is InChI=1S/C30H30IN3O5S/c1-5-34-29(36)26(40-30(34)33-22-11-13-23(37-4)14-12-22)17-20-15-24(31)28(25(16-20)38-6-2)39-18-27(35)32-21-9-7-19(3)8-10-21/h7-17H,5-6,18H2,1-4H3,(H,32,35)/b26-17+,33-30?. The average molecular weight is 672 g/mol. The van der Waals surface area contributed by atoms with E-state index in [0.717, 1.165) is 26.1 Å². The lowest BCUT2D eigenvalue weighted by Crippen LogP contribution is -2.28. The quantitative estimate of drug-likeness (QED) is 0.192. The van der Waals surface area contributed by atoms with Crippen molar-refractivity contribution in [3.05, 3.63) is 80.3 Å². The number of nitrogens with one attached hydrogen (secondary N) is 1. The van der Waals surface area contributed by atoms with Gasteiger partial charge in [-0.25, -0.2) is 4.99 Å². The van der Waals surface area contributed by atoms with Gasteiger partial charge in [-0.15, -0.1) is 0 Å². The summed E-state index contributed by atoms with van der Waals surface area (Å²) in [5.41, 5.74) is 3.33. The number of aliphatic imine (C=N–C) groups is 1. The molecule has 10 heteroatoms. The molecule has 1 fully saturated rings. The topological polar surface area (TPSA) is 89.5 Å². The van der Waals surface area contributed by atoms with Crippen molar-refractivity contribution in [2.75, 3.05) is 32.2 Å². The smallest absolute Gasteiger partial charge is 0.266 e. The Morgan fingerprint density at radius 3 is 2.45 bits per heavy atom. The minimum atomic E-state index is -0.274. The molecule has 4 rings (SSSR count). The summed E-state index contributed by atoms with van der Waals surface area (Å²) in [5, 5.41) is 3.45. The highest BCUT2D eigenvalue weighted by Gasteiger charge is 2.32. The SMILES string of the molecule is CCOc1cc(/C=C2/SC(=Nc3ccc(OC)cc3)N(CC)C2=O)cc(I)c1OCC(=O)Nc1ccc(C)cc1. The zero-order valence-electron chi connectivity index (χ0n) is 22.7. The van der Waals surface area contributed by atoms with Crippen molar-refractivity contribution in [2.45, 2.75) is 20.8 Å². The van der Waals surface area contributed by atoms with Crippen LogP contribution in [-0.4, -0.2) is 48.8 Å². The average Bonchev–Trinajstić information content (AvgIpc) is 3.23.